The van der Waals surface area contributed by atoms with E-state index >= 15 is 0 Å². The quantitative estimate of drug-likeness (QED) is 0.400. The number of carbonyl (C=O) groups is 2. The van der Waals surface area contributed by atoms with Gasteiger partial charge in [0.05, 0.1) is 6.61 Å². The van der Waals surface area contributed by atoms with Gasteiger partial charge in [-0.05, 0) is 13.3 Å². The first kappa shape index (κ1) is 10.6. The molecule has 3 nitrogen and oxygen atoms in total. The molecule has 0 bridgehead atoms. The Morgan fingerprint density at radius 3 is 2.55 bits per heavy atom. The molecule has 0 aromatic rings. The zero-order valence-corrected chi connectivity index (χ0v) is 8.02. The molecule has 4 heteroatoms. The summed E-state index contributed by atoms with van der Waals surface area (Å²) >= 11 is 3.16. The Hall–Kier alpha value is -0.380. The zero-order valence-electron chi connectivity index (χ0n) is 6.43. The van der Waals surface area contributed by atoms with Gasteiger partial charge in [-0.25, -0.2) is 4.79 Å². The van der Waals surface area contributed by atoms with Crippen LogP contribution in [0.3, 0.4) is 0 Å². The second kappa shape index (κ2) is 6.34. The smallest absolute Gasteiger partial charge is 0.374 e. The van der Waals surface area contributed by atoms with Gasteiger partial charge in [-0.1, -0.05) is 15.9 Å². The van der Waals surface area contributed by atoms with Crippen molar-refractivity contribution in [2.24, 2.45) is 0 Å². The summed E-state index contributed by atoms with van der Waals surface area (Å²) in [5.41, 5.74) is 0. The number of carbonyl (C=O) groups excluding carboxylic acids is 2. The maximum absolute atomic E-state index is 10.8. The van der Waals surface area contributed by atoms with Gasteiger partial charge in [0.25, 0.3) is 0 Å². The minimum Gasteiger partial charge on any atom is -0.460 e. The molecule has 0 spiro atoms. The van der Waals surface area contributed by atoms with Gasteiger partial charge in [-0.15, -0.1) is 0 Å². The molecule has 64 valence electrons. The van der Waals surface area contributed by atoms with Gasteiger partial charge < -0.3 is 4.74 Å². The van der Waals surface area contributed by atoms with Gasteiger partial charge in [0.2, 0.25) is 5.78 Å². The first-order valence-corrected chi connectivity index (χ1v) is 4.60. The van der Waals surface area contributed by atoms with Crippen molar-refractivity contribution in [2.45, 2.75) is 19.8 Å². The molecular weight excluding hydrogens is 212 g/mol. The third-order valence-corrected chi connectivity index (χ3v) is 1.60. The Bertz CT molecular complexity index is 145. The Morgan fingerprint density at radius 2 is 2.09 bits per heavy atom. The Kier molecular flexibility index (Phi) is 6.12. The third-order valence-electron chi connectivity index (χ3n) is 1.04. The number of ether oxygens (including phenoxy) is 1. The molecule has 0 amide bonds. The number of alkyl halides is 1. The molecule has 0 unspecified atom stereocenters. The van der Waals surface area contributed by atoms with E-state index in [0.29, 0.717) is 6.42 Å². The van der Waals surface area contributed by atoms with E-state index in [1.54, 1.807) is 6.92 Å². The zero-order chi connectivity index (χ0) is 8.69. The topological polar surface area (TPSA) is 43.4 Å². The summed E-state index contributed by atoms with van der Waals surface area (Å²) in [5.74, 6) is -1.15. The van der Waals surface area contributed by atoms with E-state index in [4.69, 9.17) is 0 Å². The molecule has 0 aliphatic carbocycles. The van der Waals surface area contributed by atoms with Crippen molar-refractivity contribution in [3.05, 3.63) is 0 Å². The van der Waals surface area contributed by atoms with Crippen molar-refractivity contribution >= 4 is 27.7 Å². The van der Waals surface area contributed by atoms with Crippen molar-refractivity contribution in [3.8, 4) is 0 Å². The molecule has 0 aliphatic heterocycles. The summed E-state index contributed by atoms with van der Waals surface area (Å²) in [6.07, 6.45) is 0.946. The van der Waals surface area contributed by atoms with Crippen LogP contribution in [0.1, 0.15) is 19.8 Å². The lowest BCUT2D eigenvalue weighted by Crippen LogP contribution is -2.16. The van der Waals surface area contributed by atoms with Gasteiger partial charge in [-0.2, -0.15) is 0 Å². The lowest BCUT2D eigenvalue weighted by Gasteiger charge is -1.98. The van der Waals surface area contributed by atoms with Crippen LogP contribution in [0, 0.1) is 0 Å². The van der Waals surface area contributed by atoms with Crippen LogP contribution in [-0.4, -0.2) is 23.7 Å². The lowest BCUT2D eigenvalue weighted by molar-refractivity contribution is -0.153. The molecule has 0 saturated heterocycles. The molecule has 0 aromatic heterocycles. The van der Waals surface area contributed by atoms with Crippen LogP contribution in [0.25, 0.3) is 0 Å². The molecular formula is C7H11BrO3. The number of rotatable bonds is 5. The number of halogens is 1. The molecule has 0 rings (SSSR count). The van der Waals surface area contributed by atoms with Crippen molar-refractivity contribution in [1.82, 2.24) is 0 Å². The van der Waals surface area contributed by atoms with E-state index < -0.39 is 11.8 Å². The van der Waals surface area contributed by atoms with Crippen molar-refractivity contribution in [2.75, 3.05) is 11.9 Å². The number of esters is 1. The lowest BCUT2D eigenvalue weighted by atomic mass is 10.2. The fourth-order valence-electron chi connectivity index (χ4n) is 0.541. The molecule has 0 saturated carbocycles. The van der Waals surface area contributed by atoms with Crippen LogP contribution in [0.15, 0.2) is 0 Å². The molecule has 0 aliphatic rings. The SMILES string of the molecule is CCOC(=O)C(=O)CCCBr. The second-order valence-electron chi connectivity index (χ2n) is 1.94. The summed E-state index contributed by atoms with van der Waals surface area (Å²) in [5, 5.41) is 0.734. The van der Waals surface area contributed by atoms with Crippen LogP contribution in [0.5, 0.6) is 0 Å². The number of ketones is 1. The Morgan fingerprint density at radius 1 is 1.45 bits per heavy atom. The summed E-state index contributed by atoms with van der Waals surface area (Å²) < 4.78 is 4.50. The number of hydrogen-bond acceptors (Lipinski definition) is 3. The highest BCUT2D eigenvalue weighted by Crippen LogP contribution is 1.96. The average molecular weight is 223 g/mol. The van der Waals surface area contributed by atoms with Crippen LogP contribution in [-0.2, 0) is 14.3 Å². The van der Waals surface area contributed by atoms with Gasteiger partial charge >= 0.3 is 5.97 Å². The third kappa shape index (κ3) is 4.95. The number of hydrogen-bond donors (Lipinski definition) is 0. The summed E-state index contributed by atoms with van der Waals surface area (Å²) in [6.45, 7) is 1.94. The van der Waals surface area contributed by atoms with Gasteiger partial charge in [0, 0.05) is 11.8 Å². The second-order valence-corrected chi connectivity index (χ2v) is 2.73. The average Bonchev–Trinajstić information content (AvgIpc) is 2.00. The summed E-state index contributed by atoms with van der Waals surface area (Å²) in [4.78, 5) is 21.5. The summed E-state index contributed by atoms with van der Waals surface area (Å²) in [7, 11) is 0. The molecule has 0 radical (unpaired) electrons. The first-order chi connectivity index (χ1) is 5.22. The highest BCUT2D eigenvalue weighted by molar-refractivity contribution is 9.09. The molecule has 0 aromatic carbocycles. The largest absolute Gasteiger partial charge is 0.460 e. The van der Waals surface area contributed by atoms with Crippen LogP contribution in [0.2, 0.25) is 0 Å². The molecule has 11 heavy (non-hydrogen) atoms. The molecule has 0 N–H and O–H groups in total. The normalized spacial score (nSPS) is 9.27. The van der Waals surface area contributed by atoms with E-state index in [1.807, 2.05) is 0 Å². The fraction of sp³-hybridized carbons (Fsp3) is 0.714. The maximum atomic E-state index is 10.8. The van der Waals surface area contributed by atoms with Crippen molar-refractivity contribution in [3.63, 3.8) is 0 Å². The fourth-order valence-corrected chi connectivity index (χ4v) is 0.821. The molecule has 0 heterocycles. The highest BCUT2D eigenvalue weighted by atomic mass is 79.9. The van der Waals surface area contributed by atoms with E-state index in [1.165, 1.54) is 0 Å². The minimum atomic E-state index is -0.714. The van der Waals surface area contributed by atoms with Crippen molar-refractivity contribution in [1.29, 1.82) is 0 Å². The van der Waals surface area contributed by atoms with Crippen LogP contribution >= 0.6 is 15.9 Å². The van der Waals surface area contributed by atoms with Crippen LogP contribution in [0.4, 0.5) is 0 Å². The van der Waals surface area contributed by atoms with Gasteiger partial charge in [0.1, 0.15) is 0 Å². The van der Waals surface area contributed by atoms with Gasteiger partial charge in [0.15, 0.2) is 0 Å². The van der Waals surface area contributed by atoms with Gasteiger partial charge in [-0.3, -0.25) is 4.79 Å². The monoisotopic (exact) mass is 222 g/mol. The van der Waals surface area contributed by atoms with E-state index in [9.17, 15) is 9.59 Å². The first-order valence-electron chi connectivity index (χ1n) is 3.48. The van der Waals surface area contributed by atoms with E-state index in [0.717, 1.165) is 5.33 Å². The van der Waals surface area contributed by atoms with E-state index in [-0.39, 0.29) is 13.0 Å². The van der Waals surface area contributed by atoms with Crippen molar-refractivity contribution < 1.29 is 14.3 Å². The minimum absolute atomic E-state index is 0.263. The highest BCUT2D eigenvalue weighted by Gasteiger charge is 2.12. The maximum Gasteiger partial charge on any atom is 0.374 e. The standard InChI is InChI=1S/C7H11BrO3/c1-2-11-7(10)6(9)4-3-5-8/h2-5H2,1H3. The summed E-state index contributed by atoms with van der Waals surface area (Å²) in [6, 6.07) is 0. The van der Waals surface area contributed by atoms with Crippen LogP contribution < -0.4 is 0 Å². The predicted octanol–water partition coefficient (Wildman–Crippen LogP) is 1.29. The molecule has 0 atom stereocenters. The van der Waals surface area contributed by atoms with E-state index in [2.05, 4.69) is 20.7 Å². The Balaban J connectivity index is 3.56. The Labute approximate surface area is 74.2 Å². The number of Topliss-reactive ketones (excluding diaryl/α,β-unsaturated/α-hetero) is 1. The molecule has 0 fully saturated rings. The predicted molar refractivity (Wildman–Crippen MR) is 44.7 cm³/mol.